The van der Waals surface area contributed by atoms with E-state index in [-0.39, 0.29) is 11.3 Å². The first-order valence-corrected chi connectivity index (χ1v) is 8.98. The number of benzene rings is 3. The summed E-state index contributed by atoms with van der Waals surface area (Å²) < 4.78 is 42.0. The van der Waals surface area contributed by atoms with Crippen LogP contribution in [0.3, 0.4) is 0 Å². The molecule has 0 spiro atoms. The molecule has 2 N–H and O–H groups in total. The largest absolute Gasteiger partial charge is 0.323 e. The summed E-state index contributed by atoms with van der Waals surface area (Å²) in [7, 11) is 0. The van der Waals surface area contributed by atoms with Crippen molar-refractivity contribution in [1.29, 1.82) is 0 Å². The zero-order chi connectivity index (χ0) is 22.0. The Balaban J connectivity index is 1.61. The van der Waals surface area contributed by atoms with E-state index < -0.39 is 40.5 Å². The van der Waals surface area contributed by atoms with Crippen LogP contribution in [0.4, 0.5) is 29.3 Å². The minimum Gasteiger partial charge on any atom is -0.308 e. The standard InChI is InChI=1S/C22H13F3N4O2/c23-14-2-4-16(5-3-14)28-22(31)29-19-9-15(24)8-17(20(19)25)21(30)12-1-6-18-13(7-12)10-26-11-27-18/h1-11H,(H2,28,29,31). The van der Waals surface area contributed by atoms with Crippen LogP contribution in [-0.4, -0.2) is 21.8 Å². The zero-order valence-corrected chi connectivity index (χ0v) is 15.7. The Bertz CT molecular complexity index is 1310. The molecule has 0 bridgehead atoms. The quantitative estimate of drug-likeness (QED) is 0.457. The summed E-state index contributed by atoms with van der Waals surface area (Å²) in [5.74, 6) is -3.27. The molecule has 0 fully saturated rings. The molecule has 0 atom stereocenters. The van der Waals surface area contributed by atoms with Crippen LogP contribution in [0.2, 0.25) is 0 Å². The third kappa shape index (κ3) is 4.35. The van der Waals surface area contributed by atoms with Crippen molar-refractivity contribution in [3.63, 3.8) is 0 Å². The van der Waals surface area contributed by atoms with Crippen LogP contribution in [-0.2, 0) is 0 Å². The topological polar surface area (TPSA) is 84.0 Å². The minimum atomic E-state index is -1.09. The van der Waals surface area contributed by atoms with Gasteiger partial charge in [-0.2, -0.15) is 0 Å². The number of nitrogens with zero attached hydrogens (tertiary/aromatic N) is 2. The molecule has 154 valence electrons. The maximum Gasteiger partial charge on any atom is 0.323 e. The summed E-state index contributed by atoms with van der Waals surface area (Å²) in [6, 6.07) is 9.95. The van der Waals surface area contributed by atoms with E-state index in [0.717, 1.165) is 24.3 Å². The molecule has 0 aliphatic carbocycles. The molecule has 0 radical (unpaired) electrons. The van der Waals surface area contributed by atoms with E-state index >= 15 is 0 Å². The first kappa shape index (κ1) is 20.0. The number of amides is 2. The van der Waals surface area contributed by atoms with Crippen molar-refractivity contribution in [3.8, 4) is 0 Å². The van der Waals surface area contributed by atoms with Crippen LogP contribution in [0, 0.1) is 17.5 Å². The third-order valence-electron chi connectivity index (χ3n) is 4.40. The Kier molecular flexibility index (Phi) is 5.31. The molecule has 4 aromatic rings. The van der Waals surface area contributed by atoms with Crippen LogP contribution in [0.15, 0.2) is 67.1 Å². The first-order valence-electron chi connectivity index (χ1n) is 8.98. The molecule has 1 aromatic heterocycles. The summed E-state index contributed by atoms with van der Waals surface area (Å²) in [4.78, 5) is 32.8. The normalized spacial score (nSPS) is 10.7. The Morgan fingerprint density at radius 2 is 1.61 bits per heavy atom. The monoisotopic (exact) mass is 422 g/mol. The molecule has 0 unspecified atom stereocenters. The van der Waals surface area contributed by atoms with E-state index in [4.69, 9.17) is 0 Å². The predicted octanol–water partition coefficient (Wildman–Crippen LogP) is 4.92. The molecule has 4 rings (SSSR count). The molecule has 0 aliphatic heterocycles. The van der Waals surface area contributed by atoms with Crippen molar-refractivity contribution in [2.45, 2.75) is 0 Å². The van der Waals surface area contributed by atoms with Crippen molar-refractivity contribution >= 4 is 34.1 Å². The fourth-order valence-corrected chi connectivity index (χ4v) is 2.94. The molecule has 9 heteroatoms. The van der Waals surface area contributed by atoms with E-state index in [2.05, 4.69) is 20.6 Å². The number of fused-ring (bicyclic) bond motifs is 1. The number of carbonyl (C=O) groups excluding carboxylic acids is 2. The average molecular weight is 422 g/mol. The molecule has 6 nitrogen and oxygen atoms in total. The Morgan fingerprint density at radius 1 is 0.839 bits per heavy atom. The zero-order valence-electron chi connectivity index (χ0n) is 15.7. The summed E-state index contributed by atoms with van der Waals surface area (Å²) in [5.41, 5.74) is -0.134. The summed E-state index contributed by atoms with van der Waals surface area (Å²) >= 11 is 0. The lowest BCUT2D eigenvalue weighted by Crippen LogP contribution is -2.21. The van der Waals surface area contributed by atoms with Crippen molar-refractivity contribution in [1.82, 2.24) is 9.97 Å². The van der Waals surface area contributed by atoms with Crippen LogP contribution in [0.5, 0.6) is 0 Å². The molecule has 31 heavy (non-hydrogen) atoms. The van der Waals surface area contributed by atoms with Crippen molar-refractivity contribution < 1.29 is 22.8 Å². The maximum atomic E-state index is 15.0. The van der Waals surface area contributed by atoms with Crippen LogP contribution in [0.1, 0.15) is 15.9 Å². The number of halogens is 3. The van der Waals surface area contributed by atoms with Gasteiger partial charge in [-0.05, 0) is 48.5 Å². The van der Waals surface area contributed by atoms with Gasteiger partial charge in [-0.1, -0.05) is 0 Å². The van der Waals surface area contributed by atoms with Gasteiger partial charge < -0.3 is 10.6 Å². The van der Waals surface area contributed by atoms with E-state index in [1.165, 1.54) is 36.8 Å². The van der Waals surface area contributed by atoms with E-state index in [1.54, 1.807) is 6.07 Å². The van der Waals surface area contributed by atoms with Gasteiger partial charge in [0.05, 0.1) is 16.8 Å². The first-order chi connectivity index (χ1) is 14.9. The van der Waals surface area contributed by atoms with E-state index in [0.29, 0.717) is 10.9 Å². The average Bonchev–Trinajstić information content (AvgIpc) is 2.76. The number of nitrogens with one attached hydrogen (secondary N) is 2. The number of rotatable bonds is 4. The number of hydrogen-bond donors (Lipinski definition) is 2. The van der Waals surface area contributed by atoms with Gasteiger partial charge in [0.2, 0.25) is 0 Å². The predicted molar refractivity (Wildman–Crippen MR) is 108 cm³/mol. The van der Waals surface area contributed by atoms with Crippen LogP contribution >= 0.6 is 0 Å². The fourth-order valence-electron chi connectivity index (χ4n) is 2.94. The van der Waals surface area contributed by atoms with Crippen molar-refractivity contribution in [2.24, 2.45) is 0 Å². The van der Waals surface area contributed by atoms with E-state index in [9.17, 15) is 22.8 Å². The highest BCUT2D eigenvalue weighted by Gasteiger charge is 2.20. The molecule has 3 aromatic carbocycles. The molecule has 0 aliphatic rings. The minimum absolute atomic E-state index is 0.105. The summed E-state index contributed by atoms with van der Waals surface area (Å²) in [5, 5.41) is 5.08. The summed E-state index contributed by atoms with van der Waals surface area (Å²) in [6.07, 6.45) is 2.85. The van der Waals surface area contributed by atoms with E-state index in [1.807, 2.05) is 0 Å². The number of ketones is 1. The Hall–Kier alpha value is -4.27. The number of urea groups is 1. The van der Waals surface area contributed by atoms with Crippen molar-refractivity contribution in [3.05, 3.63) is 95.7 Å². The van der Waals surface area contributed by atoms with Gasteiger partial charge in [0, 0.05) is 28.9 Å². The van der Waals surface area contributed by atoms with Gasteiger partial charge in [-0.25, -0.2) is 27.9 Å². The highest BCUT2D eigenvalue weighted by Crippen LogP contribution is 2.24. The second kappa shape index (κ2) is 8.23. The van der Waals surface area contributed by atoms with Gasteiger partial charge in [0.25, 0.3) is 0 Å². The fraction of sp³-hybridized carbons (Fsp3) is 0. The highest BCUT2D eigenvalue weighted by molar-refractivity contribution is 6.11. The molecular weight excluding hydrogens is 409 g/mol. The van der Waals surface area contributed by atoms with Gasteiger partial charge in [0.15, 0.2) is 11.6 Å². The number of carbonyl (C=O) groups is 2. The maximum absolute atomic E-state index is 15.0. The van der Waals surface area contributed by atoms with Gasteiger partial charge >= 0.3 is 6.03 Å². The molecule has 0 saturated carbocycles. The van der Waals surface area contributed by atoms with Crippen molar-refractivity contribution in [2.75, 3.05) is 10.6 Å². The number of aromatic nitrogens is 2. The Morgan fingerprint density at radius 3 is 2.39 bits per heavy atom. The third-order valence-corrected chi connectivity index (χ3v) is 4.40. The molecular formula is C22H13F3N4O2. The van der Waals surface area contributed by atoms with Crippen LogP contribution < -0.4 is 10.6 Å². The molecule has 1 heterocycles. The lowest BCUT2D eigenvalue weighted by Gasteiger charge is -2.11. The number of anilines is 2. The Labute approximate surface area is 173 Å². The molecule has 0 saturated heterocycles. The smallest absolute Gasteiger partial charge is 0.308 e. The second-order valence-corrected chi connectivity index (χ2v) is 6.53. The highest BCUT2D eigenvalue weighted by atomic mass is 19.1. The SMILES string of the molecule is O=C(Nc1ccc(F)cc1)Nc1cc(F)cc(C(=O)c2ccc3ncncc3c2)c1F. The second-order valence-electron chi connectivity index (χ2n) is 6.53. The van der Waals surface area contributed by atoms with Gasteiger partial charge in [-0.15, -0.1) is 0 Å². The van der Waals surface area contributed by atoms with Gasteiger partial charge in [0.1, 0.15) is 18.0 Å². The number of hydrogen-bond acceptors (Lipinski definition) is 4. The molecule has 2 amide bonds. The van der Waals surface area contributed by atoms with Crippen LogP contribution in [0.25, 0.3) is 10.9 Å². The lowest BCUT2D eigenvalue weighted by atomic mass is 10.0. The van der Waals surface area contributed by atoms with Gasteiger partial charge in [-0.3, -0.25) is 4.79 Å². The summed E-state index contributed by atoms with van der Waals surface area (Å²) in [6.45, 7) is 0. The lowest BCUT2D eigenvalue weighted by molar-refractivity contribution is 0.103.